The van der Waals surface area contributed by atoms with Crippen molar-refractivity contribution in [1.29, 1.82) is 0 Å². The van der Waals surface area contributed by atoms with Crippen LogP contribution in [0.5, 0.6) is 0 Å². The first-order chi connectivity index (χ1) is 11.2. The number of fused-ring (bicyclic) bond motifs is 4. The average Bonchev–Trinajstić information content (AvgIpc) is 2.86. The Bertz CT molecular complexity index is 855. The Labute approximate surface area is 137 Å². The lowest BCUT2D eigenvalue weighted by molar-refractivity contribution is 0.262. The van der Waals surface area contributed by atoms with Crippen LogP contribution in [0.25, 0.3) is 16.6 Å². The Morgan fingerprint density at radius 1 is 1.22 bits per heavy atom. The van der Waals surface area contributed by atoms with Gasteiger partial charge in [-0.3, -0.25) is 4.99 Å². The maximum atomic E-state index is 4.63. The van der Waals surface area contributed by atoms with Crippen molar-refractivity contribution in [2.45, 2.75) is 39.2 Å². The van der Waals surface area contributed by atoms with Crippen molar-refractivity contribution >= 4 is 22.8 Å². The maximum Gasteiger partial charge on any atom is 0.0760 e. The van der Waals surface area contributed by atoms with E-state index < -0.39 is 0 Å². The van der Waals surface area contributed by atoms with Gasteiger partial charge >= 0.3 is 0 Å². The highest BCUT2D eigenvalue weighted by Crippen LogP contribution is 2.45. The van der Waals surface area contributed by atoms with Crippen molar-refractivity contribution in [3.63, 3.8) is 0 Å². The van der Waals surface area contributed by atoms with E-state index in [0.29, 0.717) is 6.04 Å². The fourth-order valence-electron chi connectivity index (χ4n) is 4.69. The molecule has 1 aliphatic carbocycles. The Morgan fingerprint density at radius 2 is 2.13 bits per heavy atom. The molecule has 1 aromatic heterocycles. The van der Waals surface area contributed by atoms with Gasteiger partial charge in [-0.2, -0.15) is 0 Å². The zero-order valence-electron chi connectivity index (χ0n) is 13.9. The molecule has 3 aliphatic rings. The van der Waals surface area contributed by atoms with Crippen LogP contribution in [-0.2, 0) is 0 Å². The third-order valence-electron chi connectivity index (χ3n) is 5.86. The molecule has 3 heteroatoms. The molecular formula is C20H23N3. The summed E-state index contributed by atoms with van der Waals surface area (Å²) in [6.45, 7) is 6.48. The molecule has 0 N–H and O–H groups in total. The largest absolute Gasteiger partial charge is 0.359 e. The first-order valence-corrected chi connectivity index (χ1v) is 8.82. The smallest absolute Gasteiger partial charge is 0.0760 e. The van der Waals surface area contributed by atoms with Crippen LogP contribution in [0, 0.1) is 12.8 Å². The number of hydrogen-bond donors (Lipinski definition) is 0. The molecule has 2 atom stereocenters. The summed E-state index contributed by atoms with van der Waals surface area (Å²) in [4.78, 5) is 7.26. The number of benzene rings is 1. The molecule has 118 valence electrons. The van der Waals surface area contributed by atoms with E-state index in [2.05, 4.69) is 58.9 Å². The van der Waals surface area contributed by atoms with Gasteiger partial charge < -0.3 is 9.47 Å². The molecule has 1 aromatic carbocycles. The lowest BCUT2D eigenvalue weighted by atomic mass is 9.90. The minimum Gasteiger partial charge on any atom is -0.359 e. The summed E-state index contributed by atoms with van der Waals surface area (Å²) >= 11 is 0. The third kappa shape index (κ3) is 1.79. The lowest BCUT2D eigenvalue weighted by Crippen LogP contribution is -2.36. The van der Waals surface area contributed by atoms with Crippen LogP contribution in [0.4, 0.5) is 0 Å². The van der Waals surface area contributed by atoms with Gasteiger partial charge in [0.05, 0.1) is 24.6 Å². The van der Waals surface area contributed by atoms with Gasteiger partial charge in [-0.15, -0.1) is 0 Å². The number of hydrogen-bond acceptors (Lipinski definition) is 2. The molecule has 0 saturated heterocycles. The Balaban J connectivity index is 1.86. The summed E-state index contributed by atoms with van der Waals surface area (Å²) in [5.41, 5.74) is 7.37. The number of rotatable bonds is 0. The zero-order valence-corrected chi connectivity index (χ0v) is 13.9. The van der Waals surface area contributed by atoms with E-state index in [4.69, 9.17) is 0 Å². The lowest BCUT2D eigenvalue weighted by Gasteiger charge is -2.38. The quantitative estimate of drug-likeness (QED) is 0.707. The Hall–Kier alpha value is -2.03. The Kier molecular flexibility index (Phi) is 2.76. The molecule has 2 aliphatic heterocycles. The number of aromatic nitrogens is 1. The standard InChI is InChI=1S/C20H23N3/c1-13-6-7-17-18(10-13)22-9-8-21-11-19(22)16-5-3-4-15-14(2)12-23(17)20(15)16/h3-5,8,12-13,19H,6-7,9-11H2,1-2H3. The molecule has 2 unspecified atom stereocenters. The van der Waals surface area contributed by atoms with Gasteiger partial charge in [0.25, 0.3) is 0 Å². The molecule has 2 aromatic rings. The van der Waals surface area contributed by atoms with Crippen LogP contribution in [-0.4, -0.2) is 28.8 Å². The molecule has 0 amide bonds. The predicted octanol–water partition coefficient (Wildman–Crippen LogP) is 4.38. The van der Waals surface area contributed by atoms with Gasteiger partial charge in [0.2, 0.25) is 0 Å². The van der Waals surface area contributed by atoms with E-state index in [1.807, 2.05) is 0 Å². The van der Waals surface area contributed by atoms with E-state index in [9.17, 15) is 0 Å². The second kappa shape index (κ2) is 4.73. The van der Waals surface area contributed by atoms with Crippen molar-refractivity contribution in [3.8, 4) is 0 Å². The highest BCUT2D eigenvalue weighted by atomic mass is 15.2. The van der Waals surface area contributed by atoms with Crippen molar-refractivity contribution in [2.24, 2.45) is 10.9 Å². The molecule has 5 rings (SSSR count). The topological polar surface area (TPSA) is 20.5 Å². The zero-order chi connectivity index (χ0) is 15.6. The molecule has 0 bridgehead atoms. The molecule has 0 fully saturated rings. The van der Waals surface area contributed by atoms with Crippen LogP contribution in [0.3, 0.4) is 0 Å². The van der Waals surface area contributed by atoms with E-state index in [-0.39, 0.29) is 0 Å². The average molecular weight is 305 g/mol. The molecule has 0 spiro atoms. The van der Waals surface area contributed by atoms with Gasteiger partial charge in [0.15, 0.2) is 0 Å². The van der Waals surface area contributed by atoms with Gasteiger partial charge in [-0.25, -0.2) is 0 Å². The maximum absolute atomic E-state index is 4.63. The van der Waals surface area contributed by atoms with Crippen molar-refractivity contribution in [2.75, 3.05) is 13.1 Å². The number of para-hydroxylation sites is 1. The first kappa shape index (κ1) is 13.4. The Morgan fingerprint density at radius 3 is 3.04 bits per heavy atom. The molecule has 0 radical (unpaired) electrons. The van der Waals surface area contributed by atoms with Crippen LogP contribution >= 0.6 is 0 Å². The number of nitrogens with zero attached hydrogens (tertiary/aromatic N) is 3. The van der Waals surface area contributed by atoms with Crippen LogP contribution in [0.15, 0.2) is 35.1 Å². The first-order valence-electron chi connectivity index (χ1n) is 8.82. The fraction of sp³-hybridized carbons (Fsp3) is 0.450. The van der Waals surface area contributed by atoms with Gasteiger partial charge in [0.1, 0.15) is 0 Å². The minimum atomic E-state index is 0.398. The molecule has 3 nitrogen and oxygen atoms in total. The van der Waals surface area contributed by atoms with Gasteiger partial charge in [-0.05, 0) is 37.7 Å². The van der Waals surface area contributed by atoms with E-state index in [1.165, 1.54) is 47.0 Å². The van der Waals surface area contributed by atoms with Crippen molar-refractivity contribution in [1.82, 2.24) is 9.47 Å². The van der Waals surface area contributed by atoms with Gasteiger partial charge in [0, 0.05) is 34.8 Å². The summed E-state index contributed by atoms with van der Waals surface area (Å²) in [6, 6.07) is 7.21. The summed E-state index contributed by atoms with van der Waals surface area (Å²) in [6.07, 6.45) is 8.15. The third-order valence-corrected chi connectivity index (χ3v) is 5.86. The van der Waals surface area contributed by atoms with Crippen molar-refractivity contribution < 1.29 is 0 Å². The summed E-state index contributed by atoms with van der Waals surface area (Å²) in [5, 5.41) is 1.41. The monoisotopic (exact) mass is 305 g/mol. The minimum absolute atomic E-state index is 0.398. The second-order valence-corrected chi connectivity index (χ2v) is 7.38. The SMILES string of the molecule is Cc1cn2c3c(cccc13)C1CN=CCN1C1=C2CCC(C)C1. The van der Waals surface area contributed by atoms with Crippen LogP contribution in [0.2, 0.25) is 0 Å². The van der Waals surface area contributed by atoms with Gasteiger partial charge in [-0.1, -0.05) is 25.1 Å². The fourth-order valence-corrected chi connectivity index (χ4v) is 4.69. The van der Waals surface area contributed by atoms with Crippen LogP contribution < -0.4 is 0 Å². The predicted molar refractivity (Wildman–Crippen MR) is 95.7 cm³/mol. The molecule has 23 heavy (non-hydrogen) atoms. The normalized spacial score (nSPS) is 26.3. The molecule has 3 heterocycles. The van der Waals surface area contributed by atoms with E-state index in [0.717, 1.165) is 19.0 Å². The molecule has 0 saturated carbocycles. The highest BCUT2D eigenvalue weighted by Gasteiger charge is 2.34. The number of aliphatic imine (C=N–C) groups is 1. The molecular weight excluding hydrogens is 282 g/mol. The summed E-state index contributed by atoms with van der Waals surface area (Å²) in [5.74, 6) is 0.779. The highest BCUT2D eigenvalue weighted by molar-refractivity contribution is 5.91. The van der Waals surface area contributed by atoms with E-state index >= 15 is 0 Å². The van der Waals surface area contributed by atoms with E-state index in [1.54, 1.807) is 5.70 Å². The number of aryl methyl sites for hydroxylation is 1. The summed E-state index contributed by atoms with van der Waals surface area (Å²) in [7, 11) is 0. The summed E-state index contributed by atoms with van der Waals surface area (Å²) < 4.78 is 2.51. The number of allylic oxidation sites excluding steroid dienone is 2. The second-order valence-electron chi connectivity index (χ2n) is 7.38. The van der Waals surface area contributed by atoms with Crippen molar-refractivity contribution in [3.05, 3.63) is 41.2 Å². The van der Waals surface area contributed by atoms with Crippen LogP contribution in [0.1, 0.15) is 43.4 Å².